The number of ether oxygens (including phenoxy) is 2. The molecule has 1 aliphatic rings. The predicted molar refractivity (Wildman–Crippen MR) is 97.8 cm³/mol. The molecule has 1 aliphatic heterocycles. The first-order valence-electron chi connectivity index (χ1n) is 7.96. The van der Waals surface area contributed by atoms with Crippen LogP contribution in [0.15, 0.2) is 29.3 Å². The molecular weight excluding hydrogens is 358 g/mol. The first-order chi connectivity index (χ1) is 12.3. The molecule has 8 heteroatoms. The van der Waals surface area contributed by atoms with E-state index in [-0.39, 0.29) is 16.9 Å². The molecule has 0 radical (unpaired) electrons. The van der Waals surface area contributed by atoms with E-state index in [2.05, 4.69) is 0 Å². The number of benzene rings is 1. The second-order valence-corrected chi connectivity index (χ2v) is 6.94. The molecule has 0 bridgehead atoms. The third-order valence-corrected chi connectivity index (χ3v) is 5.25. The SMILES string of the molecule is CCS[C@H]1C(C(=O)c2ccc(OC)c(OC)c2)=C(CC(=O)O)C(=O)N1C. The van der Waals surface area contributed by atoms with E-state index in [1.807, 2.05) is 6.92 Å². The lowest BCUT2D eigenvalue weighted by Crippen LogP contribution is -2.31. The quantitative estimate of drug-likeness (QED) is 0.692. The number of nitrogens with zero attached hydrogens (tertiary/aromatic N) is 1. The van der Waals surface area contributed by atoms with Crippen molar-refractivity contribution in [3.05, 3.63) is 34.9 Å². The maximum atomic E-state index is 13.1. The van der Waals surface area contributed by atoms with Crippen molar-refractivity contribution in [2.75, 3.05) is 27.0 Å². The largest absolute Gasteiger partial charge is 0.493 e. The van der Waals surface area contributed by atoms with Crippen LogP contribution in [0.25, 0.3) is 0 Å². The van der Waals surface area contributed by atoms with Crippen LogP contribution >= 0.6 is 11.8 Å². The van der Waals surface area contributed by atoms with Crippen molar-refractivity contribution in [2.45, 2.75) is 18.7 Å². The molecule has 0 aromatic heterocycles. The third kappa shape index (κ3) is 3.70. The number of carbonyl (C=O) groups excluding carboxylic acids is 2. The van der Waals surface area contributed by atoms with Gasteiger partial charge in [0.15, 0.2) is 17.3 Å². The minimum absolute atomic E-state index is 0.0331. The minimum atomic E-state index is -1.15. The number of methoxy groups -OCH3 is 2. The van der Waals surface area contributed by atoms with Crippen molar-refractivity contribution in [2.24, 2.45) is 0 Å². The number of hydrogen-bond donors (Lipinski definition) is 1. The first-order valence-corrected chi connectivity index (χ1v) is 9.00. The fourth-order valence-electron chi connectivity index (χ4n) is 2.83. The summed E-state index contributed by atoms with van der Waals surface area (Å²) in [6, 6.07) is 4.71. The van der Waals surface area contributed by atoms with E-state index in [1.54, 1.807) is 19.2 Å². The molecule has 2 rings (SSSR count). The highest BCUT2D eigenvalue weighted by Crippen LogP contribution is 2.37. The highest BCUT2D eigenvalue weighted by Gasteiger charge is 2.41. The Morgan fingerprint density at radius 3 is 2.42 bits per heavy atom. The number of rotatable bonds is 8. The van der Waals surface area contributed by atoms with Gasteiger partial charge in [-0.15, -0.1) is 11.8 Å². The molecule has 0 saturated carbocycles. The highest BCUT2D eigenvalue weighted by molar-refractivity contribution is 8.00. The molecule has 26 heavy (non-hydrogen) atoms. The number of carboxylic acid groups (broad SMARTS) is 1. The Morgan fingerprint density at radius 1 is 1.23 bits per heavy atom. The second kappa shape index (κ2) is 8.27. The fraction of sp³-hybridized carbons (Fsp3) is 0.389. The Hall–Kier alpha value is -2.48. The molecule has 0 saturated heterocycles. The molecule has 0 aliphatic carbocycles. The van der Waals surface area contributed by atoms with Crippen LogP contribution in [-0.4, -0.2) is 60.1 Å². The van der Waals surface area contributed by atoms with Gasteiger partial charge < -0.3 is 19.5 Å². The lowest BCUT2D eigenvalue weighted by atomic mass is 9.98. The van der Waals surface area contributed by atoms with Crippen LogP contribution in [0.2, 0.25) is 0 Å². The number of Topliss-reactive ketones (excluding diaryl/α,β-unsaturated/α-hetero) is 1. The zero-order valence-electron chi connectivity index (χ0n) is 15.1. The normalized spacial score (nSPS) is 16.8. The molecule has 1 N–H and O–H groups in total. The summed E-state index contributed by atoms with van der Waals surface area (Å²) in [6.07, 6.45) is -0.488. The summed E-state index contributed by atoms with van der Waals surface area (Å²) in [5.41, 5.74) is 0.565. The highest BCUT2D eigenvalue weighted by atomic mass is 32.2. The lowest BCUT2D eigenvalue weighted by Gasteiger charge is -2.21. The molecule has 7 nitrogen and oxygen atoms in total. The van der Waals surface area contributed by atoms with Crippen molar-refractivity contribution in [1.82, 2.24) is 4.90 Å². The van der Waals surface area contributed by atoms with Gasteiger partial charge in [-0.2, -0.15) is 0 Å². The van der Waals surface area contributed by atoms with Gasteiger partial charge in [0.1, 0.15) is 5.37 Å². The lowest BCUT2D eigenvalue weighted by molar-refractivity contribution is -0.137. The zero-order chi connectivity index (χ0) is 19.4. The van der Waals surface area contributed by atoms with Crippen LogP contribution in [0, 0.1) is 0 Å². The minimum Gasteiger partial charge on any atom is -0.493 e. The number of carbonyl (C=O) groups is 3. The monoisotopic (exact) mass is 379 g/mol. The molecular formula is C18H21NO6S. The van der Waals surface area contributed by atoms with Crippen molar-refractivity contribution in [3.8, 4) is 11.5 Å². The van der Waals surface area contributed by atoms with Gasteiger partial charge in [0, 0.05) is 23.8 Å². The van der Waals surface area contributed by atoms with Crippen LogP contribution in [-0.2, 0) is 9.59 Å². The van der Waals surface area contributed by atoms with Crippen LogP contribution in [0.5, 0.6) is 11.5 Å². The number of ketones is 1. The van der Waals surface area contributed by atoms with Crippen molar-refractivity contribution in [3.63, 3.8) is 0 Å². The van der Waals surface area contributed by atoms with E-state index >= 15 is 0 Å². The van der Waals surface area contributed by atoms with Crippen molar-refractivity contribution >= 4 is 29.4 Å². The van der Waals surface area contributed by atoms with E-state index in [9.17, 15) is 14.4 Å². The number of likely N-dealkylation sites (N-methyl/N-ethyl adjacent to an activating group) is 1. The molecule has 0 fully saturated rings. The average Bonchev–Trinajstić information content (AvgIpc) is 2.85. The number of aliphatic carboxylic acids is 1. The van der Waals surface area contributed by atoms with Gasteiger partial charge in [-0.1, -0.05) is 6.92 Å². The van der Waals surface area contributed by atoms with Gasteiger partial charge in [-0.25, -0.2) is 0 Å². The Morgan fingerprint density at radius 2 is 1.88 bits per heavy atom. The Balaban J connectivity index is 2.55. The smallest absolute Gasteiger partial charge is 0.308 e. The van der Waals surface area contributed by atoms with Gasteiger partial charge in [0.2, 0.25) is 0 Å². The maximum absolute atomic E-state index is 13.1. The molecule has 140 valence electrons. The second-order valence-electron chi connectivity index (χ2n) is 5.59. The number of amides is 1. The average molecular weight is 379 g/mol. The molecule has 1 atom stereocenters. The van der Waals surface area contributed by atoms with E-state index in [0.717, 1.165) is 0 Å². The van der Waals surface area contributed by atoms with E-state index in [1.165, 1.54) is 36.9 Å². The molecule has 1 aromatic rings. The Bertz CT molecular complexity index is 773. The Labute approximate surface area is 156 Å². The van der Waals surface area contributed by atoms with Crippen LogP contribution in [0.3, 0.4) is 0 Å². The maximum Gasteiger partial charge on any atom is 0.308 e. The predicted octanol–water partition coefficient (Wildman–Crippen LogP) is 2.21. The summed E-state index contributed by atoms with van der Waals surface area (Å²) in [5.74, 6) is -0.431. The van der Waals surface area contributed by atoms with Crippen LogP contribution < -0.4 is 9.47 Å². The summed E-state index contributed by atoms with van der Waals surface area (Å²) >= 11 is 1.41. The van der Waals surface area contributed by atoms with Gasteiger partial charge in [0.25, 0.3) is 5.91 Å². The fourth-order valence-corrected chi connectivity index (χ4v) is 3.89. The molecule has 1 heterocycles. The molecule has 0 unspecified atom stereocenters. The third-order valence-electron chi connectivity index (χ3n) is 4.05. The van der Waals surface area contributed by atoms with E-state index < -0.39 is 23.7 Å². The van der Waals surface area contributed by atoms with Crippen LogP contribution in [0.4, 0.5) is 0 Å². The molecule has 0 spiro atoms. The van der Waals surface area contributed by atoms with Gasteiger partial charge in [0.05, 0.1) is 20.6 Å². The summed E-state index contributed by atoms with van der Waals surface area (Å²) < 4.78 is 10.4. The van der Waals surface area contributed by atoms with E-state index in [0.29, 0.717) is 22.8 Å². The summed E-state index contributed by atoms with van der Waals surface area (Å²) in [5, 5.41) is 8.64. The summed E-state index contributed by atoms with van der Waals surface area (Å²) in [6.45, 7) is 1.91. The van der Waals surface area contributed by atoms with Crippen molar-refractivity contribution < 1.29 is 29.0 Å². The Kier molecular flexibility index (Phi) is 6.31. The zero-order valence-corrected chi connectivity index (χ0v) is 15.9. The number of hydrogen-bond acceptors (Lipinski definition) is 6. The van der Waals surface area contributed by atoms with Crippen molar-refractivity contribution in [1.29, 1.82) is 0 Å². The first kappa shape index (κ1) is 19.8. The molecule has 1 aromatic carbocycles. The van der Waals surface area contributed by atoms with Gasteiger partial charge in [-0.05, 0) is 24.0 Å². The topological polar surface area (TPSA) is 93.1 Å². The van der Waals surface area contributed by atoms with Gasteiger partial charge in [-0.3, -0.25) is 14.4 Å². The molecule has 1 amide bonds. The van der Waals surface area contributed by atoms with Crippen LogP contribution in [0.1, 0.15) is 23.7 Å². The van der Waals surface area contributed by atoms with Gasteiger partial charge >= 0.3 is 5.97 Å². The number of thioether (sulfide) groups is 1. The summed E-state index contributed by atoms with van der Waals surface area (Å²) in [4.78, 5) is 38.3. The standard InChI is InChI=1S/C18H21NO6S/c1-5-26-18-15(11(9-14(20)21)17(23)19(18)2)16(22)10-6-7-12(24-3)13(8-10)25-4/h6-8,18H,5,9H2,1-4H3,(H,20,21)/t18-/m0/s1. The number of carboxylic acids is 1. The summed E-state index contributed by atoms with van der Waals surface area (Å²) in [7, 11) is 4.53. The van der Waals surface area contributed by atoms with E-state index in [4.69, 9.17) is 14.6 Å².